The highest BCUT2D eigenvalue weighted by Crippen LogP contribution is 2.32. The molecule has 10 rings (SSSR count). The Morgan fingerprint density at radius 1 is 0.305 bits per heavy atom. The molecule has 0 radical (unpaired) electrons. The minimum atomic E-state index is -2.83. The number of rotatable bonds is 9. The minimum Gasteiger partial charge on any atom is -0.309 e. The van der Waals surface area contributed by atoms with E-state index in [9.17, 15) is 5.26 Å². The predicted octanol–water partition coefficient (Wildman–Crippen LogP) is 7.41. The Morgan fingerprint density at radius 2 is 0.593 bits per heavy atom. The van der Waals surface area contributed by atoms with Crippen molar-refractivity contribution in [3.8, 4) is 11.8 Å². The van der Waals surface area contributed by atoms with Crippen LogP contribution in [0.5, 0.6) is 0 Å². The molecule has 0 amide bonds. The summed E-state index contributed by atoms with van der Waals surface area (Å²) >= 11 is 0. The smallest absolute Gasteiger partial charge is 0.179 e. The fraction of sp³-hybridized carbons (Fsp3) is 0. The Morgan fingerprint density at radius 3 is 0.864 bits per heavy atom. The third-order valence-electron chi connectivity index (χ3n) is 12.1. The lowest BCUT2D eigenvalue weighted by molar-refractivity contribution is 1.18. The monoisotopic (exact) mass is 784 g/mol. The van der Waals surface area contributed by atoms with Gasteiger partial charge in [-0.05, 0) is 77.9 Å². The zero-order chi connectivity index (χ0) is 39.7. The SMILES string of the molecule is N#Cc1ccc(-n2c3ccc([Si](c4ccccc4)(c4ccccc4)c4ccccc4)cc3c3cc([Si](c4ccccc4)(c4ccccc4)c4ccccc4)ccc32)cc1. The fourth-order valence-corrected chi connectivity index (χ4v) is 19.1. The normalized spacial score (nSPS) is 11.7. The zero-order valence-electron chi connectivity index (χ0n) is 32.5. The van der Waals surface area contributed by atoms with E-state index in [1.165, 1.54) is 52.3 Å². The van der Waals surface area contributed by atoms with Crippen LogP contribution >= 0.6 is 0 Å². The summed E-state index contributed by atoms with van der Waals surface area (Å²) in [6, 6.07) is 91.7. The quantitative estimate of drug-likeness (QED) is 0.111. The van der Waals surface area contributed by atoms with Gasteiger partial charge in [0.15, 0.2) is 16.1 Å². The molecule has 0 N–H and O–H groups in total. The molecule has 4 heteroatoms. The van der Waals surface area contributed by atoms with Gasteiger partial charge in [-0.25, -0.2) is 0 Å². The standard InChI is InChI=1S/C55H40N2Si2/c56-41-42-31-33-43(34-32-42)57-54-37-35-50(58(44-19-7-1-8-20-44,45-21-9-2-10-22-45)46-23-11-3-12-24-46)39-52(54)53-40-51(36-38-55(53)57)59(47-25-13-4-14-26-47,48-27-15-5-16-28-48)49-29-17-6-18-30-49/h1-40H. The second-order valence-corrected chi connectivity index (χ2v) is 22.8. The van der Waals surface area contributed by atoms with Crippen LogP contribution in [-0.2, 0) is 0 Å². The maximum atomic E-state index is 9.73. The Hall–Kier alpha value is -7.30. The molecule has 0 bridgehead atoms. The molecule has 0 spiro atoms. The van der Waals surface area contributed by atoms with Gasteiger partial charge in [0.2, 0.25) is 0 Å². The van der Waals surface area contributed by atoms with Gasteiger partial charge in [0.1, 0.15) is 0 Å². The van der Waals surface area contributed by atoms with Gasteiger partial charge >= 0.3 is 0 Å². The molecule has 0 unspecified atom stereocenters. The summed E-state index contributed by atoms with van der Waals surface area (Å²) in [7, 11) is -5.66. The summed E-state index contributed by atoms with van der Waals surface area (Å²) in [5.41, 5.74) is 3.94. The molecule has 0 fully saturated rings. The largest absolute Gasteiger partial charge is 0.309 e. The van der Waals surface area contributed by atoms with Crippen molar-refractivity contribution >= 4 is 79.4 Å². The summed E-state index contributed by atoms with van der Waals surface area (Å²) < 4.78 is 2.38. The number of fused-ring (bicyclic) bond motifs is 3. The van der Waals surface area contributed by atoms with E-state index in [1.807, 2.05) is 12.1 Å². The van der Waals surface area contributed by atoms with Gasteiger partial charge in [-0.2, -0.15) is 5.26 Å². The molecular formula is C55H40N2Si2. The molecule has 0 aliphatic carbocycles. The van der Waals surface area contributed by atoms with Crippen molar-refractivity contribution in [3.63, 3.8) is 0 Å². The lowest BCUT2D eigenvalue weighted by atomic mass is 10.1. The molecule has 10 aromatic rings. The summed E-state index contributed by atoms with van der Waals surface area (Å²) in [5, 5.41) is 22.9. The number of nitrogens with zero attached hydrogens (tertiary/aromatic N) is 2. The van der Waals surface area contributed by atoms with Crippen LogP contribution in [0.1, 0.15) is 5.56 Å². The van der Waals surface area contributed by atoms with Gasteiger partial charge in [0.05, 0.1) is 22.7 Å². The Balaban J connectivity index is 1.34. The highest BCUT2D eigenvalue weighted by molar-refractivity contribution is 7.20. The van der Waals surface area contributed by atoms with Crippen molar-refractivity contribution < 1.29 is 0 Å². The van der Waals surface area contributed by atoms with Gasteiger partial charge in [-0.1, -0.05) is 206 Å². The van der Waals surface area contributed by atoms with E-state index in [2.05, 4.69) is 241 Å². The zero-order valence-corrected chi connectivity index (χ0v) is 34.5. The first-order chi connectivity index (χ1) is 29.2. The van der Waals surface area contributed by atoms with E-state index in [0.717, 1.165) is 16.7 Å². The first-order valence-corrected chi connectivity index (χ1v) is 24.2. The summed E-state index contributed by atoms with van der Waals surface area (Å²) in [6.45, 7) is 0. The molecule has 1 aromatic heterocycles. The third kappa shape index (κ3) is 5.91. The van der Waals surface area contributed by atoms with Crippen molar-refractivity contribution in [3.05, 3.63) is 248 Å². The lowest BCUT2D eigenvalue weighted by Crippen LogP contribution is -2.74. The average molecular weight is 785 g/mol. The second-order valence-electron chi connectivity index (χ2n) is 15.2. The number of benzene rings is 9. The molecule has 0 saturated carbocycles. The van der Waals surface area contributed by atoms with Crippen molar-refractivity contribution in [2.75, 3.05) is 0 Å². The molecule has 278 valence electrons. The highest BCUT2D eigenvalue weighted by Gasteiger charge is 2.43. The summed E-state index contributed by atoms with van der Waals surface area (Å²) in [4.78, 5) is 0. The van der Waals surface area contributed by atoms with Crippen LogP contribution in [0.3, 0.4) is 0 Å². The van der Waals surface area contributed by atoms with E-state index in [-0.39, 0.29) is 0 Å². The summed E-state index contributed by atoms with van der Waals surface area (Å²) in [5.74, 6) is 0. The predicted molar refractivity (Wildman–Crippen MR) is 253 cm³/mol. The first-order valence-electron chi connectivity index (χ1n) is 20.2. The molecule has 0 aliphatic heterocycles. The van der Waals surface area contributed by atoms with Crippen molar-refractivity contribution in [1.82, 2.24) is 4.57 Å². The molecule has 0 atom stereocenters. The van der Waals surface area contributed by atoms with Crippen molar-refractivity contribution in [2.24, 2.45) is 0 Å². The number of nitriles is 1. The molecule has 9 aromatic carbocycles. The van der Waals surface area contributed by atoms with E-state index in [4.69, 9.17) is 0 Å². The lowest BCUT2D eigenvalue weighted by Gasteiger charge is -2.34. The van der Waals surface area contributed by atoms with E-state index < -0.39 is 16.1 Å². The van der Waals surface area contributed by atoms with Crippen LogP contribution < -0.4 is 41.5 Å². The van der Waals surface area contributed by atoms with Crippen molar-refractivity contribution in [1.29, 1.82) is 5.26 Å². The van der Waals surface area contributed by atoms with Crippen LogP contribution in [-0.4, -0.2) is 20.7 Å². The Labute approximate surface area is 347 Å². The molecule has 0 aliphatic rings. The number of hydrogen-bond acceptors (Lipinski definition) is 1. The second kappa shape index (κ2) is 15.2. The maximum absolute atomic E-state index is 9.73. The fourth-order valence-electron chi connectivity index (χ4n) is 9.58. The molecule has 1 heterocycles. The molecular weight excluding hydrogens is 745 g/mol. The van der Waals surface area contributed by atoms with Crippen LogP contribution in [0, 0.1) is 11.3 Å². The topological polar surface area (TPSA) is 28.7 Å². The minimum absolute atomic E-state index is 0.646. The van der Waals surface area contributed by atoms with Crippen LogP contribution in [0.2, 0.25) is 0 Å². The molecule has 59 heavy (non-hydrogen) atoms. The van der Waals surface area contributed by atoms with Gasteiger partial charge < -0.3 is 4.57 Å². The van der Waals surface area contributed by atoms with E-state index in [0.29, 0.717) is 5.56 Å². The van der Waals surface area contributed by atoms with Gasteiger partial charge in [0.25, 0.3) is 0 Å². The van der Waals surface area contributed by atoms with Crippen LogP contribution in [0.25, 0.3) is 27.5 Å². The number of hydrogen-bond donors (Lipinski definition) is 0. The van der Waals surface area contributed by atoms with E-state index >= 15 is 0 Å². The maximum Gasteiger partial charge on any atom is 0.179 e. The Kier molecular flexibility index (Phi) is 9.31. The van der Waals surface area contributed by atoms with Crippen LogP contribution in [0.15, 0.2) is 243 Å². The average Bonchev–Trinajstić information content (AvgIpc) is 3.65. The molecule has 0 saturated heterocycles. The van der Waals surface area contributed by atoms with Gasteiger partial charge in [-0.3, -0.25) is 0 Å². The van der Waals surface area contributed by atoms with E-state index in [1.54, 1.807) is 0 Å². The number of aromatic nitrogens is 1. The third-order valence-corrected chi connectivity index (χ3v) is 21.7. The molecule has 2 nitrogen and oxygen atoms in total. The Bertz CT molecular complexity index is 2690. The van der Waals surface area contributed by atoms with Crippen molar-refractivity contribution in [2.45, 2.75) is 0 Å². The van der Waals surface area contributed by atoms with Crippen LogP contribution in [0.4, 0.5) is 0 Å². The first kappa shape index (κ1) is 36.1. The van der Waals surface area contributed by atoms with Gasteiger partial charge in [0, 0.05) is 16.5 Å². The highest BCUT2D eigenvalue weighted by atomic mass is 28.3. The van der Waals surface area contributed by atoms with Gasteiger partial charge in [-0.15, -0.1) is 0 Å². The summed E-state index contributed by atoms with van der Waals surface area (Å²) in [6.07, 6.45) is 0.